The lowest BCUT2D eigenvalue weighted by Crippen LogP contribution is -2.55. The quantitative estimate of drug-likeness (QED) is 0.234. The fourth-order valence-electron chi connectivity index (χ4n) is 7.01. The molecule has 7 heteroatoms. The molecule has 3 heterocycles. The fourth-order valence-corrected chi connectivity index (χ4v) is 7.01. The molecule has 1 fully saturated rings. The van der Waals surface area contributed by atoms with Crippen molar-refractivity contribution in [3.05, 3.63) is 125 Å². The highest BCUT2D eigenvalue weighted by molar-refractivity contribution is 6.04. The average molecular weight is 587 g/mol. The summed E-state index contributed by atoms with van der Waals surface area (Å²) in [4.78, 5) is 34.2. The third-order valence-electron chi connectivity index (χ3n) is 9.30. The lowest BCUT2D eigenvalue weighted by molar-refractivity contribution is -0.136. The number of hydrogen-bond acceptors (Lipinski definition) is 3. The lowest BCUT2D eigenvalue weighted by Gasteiger charge is -2.39. The summed E-state index contributed by atoms with van der Waals surface area (Å²) in [5, 5.41) is 1.07. The summed E-state index contributed by atoms with van der Waals surface area (Å²) < 4.78 is 15.7. The number of piperazine rings is 1. The van der Waals surface area contributed by atoms with Crippen LogP contribution in [0.2, 0.25) is 0 Å². The van der Waals surface area contributed by atoms with E-state index in [1.54, 1.807) is 17.0 Å². The van der Waals surface area contributed by atoms with Crippen molar-refractivity contribution >= 4 is 28.4 Å². The van der Waals surface area contributed by atoms with Crippen LogP contribution in [0, 0.1) is 12.7 Å². The van der Waals surface area contributed by atoms with Crippen LogP contribution in [0.25, 0.3) is 22.2 Å². The molecule has 1 aromatic heterocycles. The van der Waals surface area contributed by atoms with Crippen LogP contribution in [0.5, 0.6) is 0 Å². The molecule has 222 valence electrons. The smallest absolute Gasteiger partial charge is 0.255 e. The Hall–Kier alpha value is -4.91. The van der Waals surface area contributed by atoms with Crippen LogP contribution in [0.15, 0.2) is 97.1 Å². The summed E-state index contributed by atoms with van der Waals surface area (Å²) in [6.45, 7) is 6.28. The van der Waals surface area contributed by atoms with Gasteiger partial charge in [-0.1, -0.05) is 66.2 Å². The van der Waals surface area contributed by atoms with Crippen LogP contribution >= 0.6 is 0 Å². The number of nitrogens with zero attached hydrogens (tertiary/aromatic N) is 4. The van der Waals surface area contributed by atoms with E-state index in [0.717, 1.165) is 39.0 Å². The van der Waals surface area contributed by atoms with E-state index in [0.29, 0.717) is 31.7 Å². The highest BCUT2D eigenvalue weighted by atomic mass is 19.1. The van der Waals surface area contributed by atoms with Gasteiger partial charge in [-0.25, -0.2) is 4.39 Å². The Morgan fingerprint density at radius 3 is 2.23 bits per heavy atom. The molecule has 4 aromatic carbocycles. The first-order valence-electron chi connectivity index (χ1n) is 15.2. The van der Waals surface area contributed by atoms with Crippen LogP contribution in [0.4, 0.5) is 10.1 Å². The zero-order valence-corrected chi connectivity index (χ0v) is 25.2. The summed E-state index contributed by atoms with van der Waals surface area (Å²) in [5.41, 5.74) is 7.89. The molecule has 6 nitrogen and oxygen atoms in total. The number of benzene rings is 4. The van der Waals surface area contributed by atoms with Gasteiger partial charge in [0.15, 0.2) is 0 Å². The molecule has 44 heavy (non-hydrogen) atoms. The van der Waals surface area contributed by atoms with Crippen molar-refractivity contribution in [1.29, 1.82) is 0 Å². The van der Waals surface area contributed by atoms with Gasteiger partial charge in [-0.3, -0.25) is 9.59 Å². The molecule has 0 N–H and O–H groups in total. The number of amides is 2. The van der Waals surface area contributed by atoms with Crippen molar-refractivity contribution in [1.82, 2.24) is 14.4 Å². The van der Waals surface area contributed by atoms with Gasteiger partial charge in [-0.15, -0.1) is 0 Å². The Morgan fingerprint density at radius 2 is 1.50 bits per heavy atom. The van der Waals surface area contributed by atoms with Gasteiger partial charge in [0.1, 0.15) is 11.9 Å². The normalized spacial score (nSPS) is 17.3. The minimum atomic E-state index is -0.679. The predicted molar refractivity (Wildman–Crippen MR) is 172 cm³/mol. The highest BCUT2D eigenvalue weighted by Gasteiger charge is 2.45. The number of hydrogen-bond donors (Lipinski definition) is 0. The maximum absolute atomic E-state index is 14.2. The molecule has 0 aliphatic carbocycles. The molecular weight excluding hydrogens is 551 g/mol. The van der Waals surface area contributed by atoms with Gasteiger partial charge in [0.25, 0.3) is 5.91 Å². The number of carbonyl (C=O) groups is 2. The third-order valence-corrected chi connectivity index (χ3v) is 9.30. The van der Waals surface area contributed by atoms with Crippen molar-refractivity contribution < 1.29 is 14.0 Å². The second-order valence-electron chi connectivity index (χ2n) is 11.9. The molecule has 2 atom stereocenters. The first-order valence-corrected chi connectivity index (χ1v) is 15.2. The lowest BCUT2D eigenvalue weighted by atomic mass is 9.92. The molecule has 7 rings (SSSR count). The van der Waals surface area contributed by atoms with Crippen LogP contribution in [0.3, 0.4) is 0 Å². The molecule has 2 aliphatic heterocycles. The monoisotopic (exact) mass is 586 g/mol. The Morgan fingerprint density at radius 1 is 0.841 bits per heavy atom. The minimum absolute atomic E-state index is 0.0629. The summed E-state index contributed by atoms with van der Waals surface area (Å²) in [7, 11) is 2.07. The van der Waals surface area contributed by atoms with Crippen LogP contribution in [0.1, 0.15) is 40.0 Å². The van der Waals surface area contributed by atoms with E-state index in [1.807, 2.05) is 48.2 Å². The molecule has 5 aromatic rings. The topological polar surface area (TPSA) is 48.8 Å². The Kier molecular flexibility index (Phi) is 6.96. The Labute approximate surface area is 256 Å². The number of fused-ring (bicyclic) bond motifs is 2. The molecule has 0 spiro atoms. The second kappa shape index (κ2) is 11.0. The largest absolute Gasteiger partial charge is 0.368 e. The van der Waals surface area contributed by atoms with Crippen molar-refractivity contribution in [3.8, 4) is 11.3 Å². The number of aromatic nitrogens is 1. The maximum Gasteiger partial charge on any atom is 0.255 e. The number of anilines is 1. The zero-order chi connectivity index (χ0) is 30.5. The number of para-hydroxylation sites is 1. The van der Waals surface area contributed by atoms with E-state index in [-0.39, 0.29) is 17.6 Å². The number of aryl methyl sites for hydroxylation is 2. The fraction of sp³-hybridized carbons (Fsp3) is 0.243. The molecule has 0 radical (unpaired) electrons. The molecular formula is C37H35FN4O2. The van der Waals surface area contributed by atoms with E-state index in [2.05, 4.69) is 59.8 Å². The van der Waals surface area contributed by atoms with Crippen molar-refractivity contribution in [2.75, 3.05) is 31.1 Å². The third kappa shape index (κ3) is 4.55. The minimum Gasteiger partial charge on any atom is -0.368 e. The van der Waals surface area contributed by atoms with Gasteiger partial charge in [0.2, 0.25) is 5.91 Å². The molecule has 2 amide bonds. The number of rotatable bonds is 5. The van der Waals surface area contributed by atoms with Crippen LogP contribution in [-0.4, -0.2) is 58.4 Å². The molecule has 0 bridgehead atoms. The van der Waals surface area contributed by atoms with E-state index < -0.39 is 12.1 Å². The molecule has 2 aliphatic rings. The molecule has 0 saturated carbocycles. The molecule has 2 unspecified atom stereocenters. The first kappa shape index (κ1) is 27.9. The summed E-state index contributed by atoms with van der Waals surface area (Å²) in [5.74, 6) is -0.454. The predicted octanol–water partition coefficient (Wildman–Crippen LogP) is 6.58. The number of carbonyl (C=O) groups excluding carboxylic acids is 2. The Balaban J connectivity index is 1.28. The second-order valence-corrected chi connectivity index (χ2v) is 11.9. The van der Waals surface area contributed by atoms with Gasteiger partial charge in [-0.05, 0) is 61.4 Å². The van der Waals surface area contributed by atoms with Gasteiger partial charge in [0, 0.05) is 60.9 Å². The van der Waals surface area contributed by atoms with E-state index in [9.17, 15) is 14.0 Å². The average Bonchev–Trinajstić information content (AvgIpc) is 3.51. The summed E-state index contributed by atoms with van der Waals surface area (Å²) in [6, 6.07) is 29.9. The van der Waals surface area contributed by atoms with Crippen LogP contribution in [-0.2, 0) is 11.8 Å². The summed E-state index contributed by atoms with van der Waals surface area (Å²) in [6.07, 6.45) is 0. The van der Waals surface area contributed by atoms with Gasteiger partial charge < -0.3 is 19.3 Å². The van der Waals surface area contributed by atoms with Gasteiger partial charge in [0.05, 0.1) is 11.7 Å². The standard InChI is InChI=1S/C37H35FN4O2/c1-24-12-14-26(15-13-24)34-33(31-10-6-7-11-32(31)39(34)3)35-29-8-4-5-9-30(29)37(44)42(35)25(2)36(43)41-22-20-40(21-23-41)28-18-16-27(38)17-19-28/h4-19,25,35H,20-23H2,1-3H3. The van der Waals surface area contributed by atoms with Crippen molar-refractivity contribution in [3.63, 3.8) is 0 Å². The highest BCUT2D eigenvalue weighted by Crippen LogP contribution is 2.47. The number of halogens is 1. The zero-order valence-electron chi connectivity index (χ0n) is 25.2. The summed E-state index contributed by atoms with van der Waals surface area (Å²) >= 11 is 0. The SMILES string of the molecule is Cc1ccc(-c2c(C3c4ccccc4C(=O)N3C(C)C(=O)N3CCN(c4ccc(F)cc4)CC3)c3ccccc3n2C)cc1. The van der Waals surface area contributed by atoms with Gasteiger partial charge in [-0.2, -0.15) is 0 Å². The maximum atomic E-state index is 14.2. The van der Waals surface area contributed by atoms with Crippen LogP contribution < -0.4 is 4.90 Å². The van der Waals surface area contributed by atoms with Gasteiger partial charge >= 0.3 is 0 Å². The van der Waals surface area contributed by atoms with Crippen molar-refractivity contribution in [2.24, 2.45) is 7.05 Å². The first-order chi connectivity index (χ1) is 21.3. The van der Waals surface area contributed by atoms with E-state index in [4.69, 9.17) is 0 Å². The van der Waals surface area contributed by atoms with E-state index >= 15 is 0 Å². The Bertz CT molecular complexity index is 1870. The van der Waals surface area contributed by atoms with E-state index in [1.165, 1.54) is 17.7 Å². The molecule has 1 saturated heterocycles. The van der Waals surface area contributed by atoms with Crippen molar-refractivity contribution in [2.45, 2.75) is 25.9 Å².